The maximum Gasteiger partial charge on any atom is 0.243 e. The molecule has 1 N–H and O–H groups in total. The van der Waals surface area contributed by atoms with E-state index in [-0.39, 0.29) is 17.0 Å². The van der Waals surface area contributed by atoms with Gasteiger partial charge in [0.15, 0.2) is 0 Å². The van der Waals surface area contributed by atoms with Crippen LogP contribution < -0.4 is 10.1 Å². The third-order valence-electron chi connectivity index (χ3n) is 3.41. The molecule has 0 aliphatic heterocycles. The van der Waals surface area contributed by atoms with Gasteiger partial charge >= 0.3 is 0 Å². The summed E-state index contributed by atoms with van der Waals surface area (Å²) in [6.45, 7) is -0.356. The van der Waals surface area contributed by atoms with E-state index >= 15 is 0 Å². The Morgan fingerprint density at radius 2 is 1.92 bits per heavy atom. The summed E-state index contributed by atoms with van der Waals surface area (Å²) in [4.78, 5) is 12.0. The summed E-state index contributed by atoms with van der Waals surface area (Å²) in [5.41, 5.74) is 0.764. The van der Waals surface area contributed by atoms with Crippen molar-refractivity contribution in [2.24, 2.45) is 0 Å². The second-order valence-electron chi connectivity index (χ2n) is 5.18. The number of nitriles is 1. The van der Waals surface area contributed by atoms with Crippen molar-refractivity contribution >= 4 is 21.6 Å². The number of hydrogen-bond donors (Lipinski definition) is 1. The number of sulfonamides is 1. The molecule has 130 valence electrons. The SMILES string of the molecule is COc1ccc(NC(=O)CN(C)S(=O)(=O)c2cccc(C#N)c2)cc1. The quantitative estimate of drug-likeness (QED) is 0.848. The average Bonchev–Trinajstić information content (AvgIpc) is 2.62. The van der Waals surface area contributed by atoms with E-state index in [9.17, 15) is 13.2 Å². The van der Waals surface area contributed by atoms with Gasteiger partial charge in [0.1, 0.15) is 5.75 Å². The van der Waals surface area contributed by atoms with Gasteiger partial charge in [0, 0.05) is 12.7 Å². The maximum absolute atomic E-state index is 12.5. The van der Waals surface area contributed by atoms with Gasteiger partial charge in [-0.25, -0.2) is 8.42 Å². The molecule has 0 spiro atoms. The van der Waals surface area contributed by atoms with Crippen LogP contribution in [0.3, 0.4) is 0 Å². The molecule has 2 aromatic carbocycles. The van der Waals surface area contributed by atoms with Gasteiger partial charge in [-0.05, 0) is 42.5 Å². The molecular formula is C17H17N3O4S. The Kier molecular flexibility index (Phi) is 5.75. The summed E-state index contributed by atoms with van der Waals surface area (Å²) in [6.07, 6.45) is 0. The lowest BCUT2D eigenvalue weighted by Gasteiger charge is -2.17. The van der Waals surface area contributed by atoms with Crippen molar-refractivity contribution in [3.63, 3.8) is 0 Å². The van der Waals surface area contributed by atoms with E-state index in [1.54, 1.807) is 24.3 Å². The second-order valence-corrected chi connectivity index (χ2v) is 7.22. The van der Waals surface area contributed by atoms with Gasteiger partial charge in [-0.15, -0.1) is 0 Å². The Hall–Kier alpha value is -2.89. The number of nitrogens with zero attached hydrogens (tertiary/aromatic N) is 2. The number of likely N-dealkylation sites (N-methyl/N-ethyl adjacent to an activating group) is 1. The highest BCUT2D eigenvalue weighted by Crippen LogP contribution is 2.17. The number of anilines is 1. The molecule has 2 rings (SSSR count). The molecule has 0 aliphatic rings. The van der Waals surface area contributed by atoms with Crippen LogP contribution in [0.5, 0.6) is 5.75 Å². The van der Waals surface area contributed by atoms with Gasteiger partial charge in [-0.2, -0.15) is 9.57 Å². The van der Waals surface area contributed by atoms with Gasteiger partial charge in [0.2, 0.25) is 15.9 Å². The summed E-state index contributed by atoms with van der Waals surface area (Å²) in [5.74, 6) is 0.169. The van der Waals surface area contributed by atoms with Crippen LogP contribution in [0.15, 0.2) is 53.4 Å². The lowest BCUT2D eigenvalue weighted by atomic mass is 10.2. The number of hydrogen-bond acceptors (Lipinski definition) is 5. The number of ether oxygens (including phenoxy) is 1. The molecular weight excluding hydrogens is 342 g/mol. The van der Waals surface area contributed by atoms with Crippen molar-refractivity contribution in [3.8, 4) is 11.8 Å². The van der Waals surface area contributed by atoms with E-state index in [0.717, 1.165) is 4.31 Å². The Morgan fingerprint density at radius 1 is 1.24 bits per heavy atom. The maximum atomic E-state index is 12.5. The zero-order chi connectivity index (χ0) is 18.4. The van der Waals surface area contributed by atoms with Crippen LogP contribution in [0, 0.1) is 11.3 Å². The number of methoxy groups -OCH3 is 1. The van der Waals surface area contributed by atoms with E-state index in [0.29, 0.717) is 11.4 Å². The molecule has 0 bridgehead atoms. The number of carbonyl (C=O) groups is 1. The Morgan fingerprint density at radius 3 is 2.52 bits per heavy atom. The summed E-state index contributed by atoms with van der Waals surface area (Å²) in [6, 6.07) is 14.2. The monoisotopic (exact) mass is 359 g/mol. The fourth-order valence-corrected chi connectivity index (χ4v) is 3.24. The van der Waals surface area contributed by atoms with Crippen molar-refractivity contribution < 1.29 is 17.9 Å². The molecule has 0 aliphatic carbocycles. The highest BCUT2D eigenvalue weighted by atomic mass is 32.2. The molecule has 0 saturated heterocycles. The summed E-state index contributed by atoms with van der Waals surface area (Å²) < 4.78 is 30.9. The third kappa shape index (κ3) is 4.56. The van der Waals surface area contributed by atoms with E-state index in [1.807, 2.05) is 6.07 Å². The van der Waals surface area contributed by atoms with Gasteiger partial charge in [0.25, 0.3) is 0 Å². The van der Waals surface area contributed by atoms with Gasteiger partial charge in [-0.3, -0.25) is 4.79 Å². The van der Waals surface area contributed by atoms with Crippen LogP contribution in [0.1, 0.15) is 5.56 Å². The van der Waals surface area contributed by atoms with Crippen LogP contribution in [-0.4, -0.2) is 39.3 Å². The number of rotatable bonds is 6. The predicted molar refractivity (Wildman–Crippen MR) is 92.6 cm³/mol. The molecule has 8 heteroatoms. The second kappa shape index (κ2) is 7.79. The first-order valence-corrected chi connectivity index (χ1v) is 8.71. The number of nitrogens with one attached hydrogen (secondary N) is 1. The van der Waals surface area contributed by atoms with E-state index in [2.05, 4.69) is 5.32 Å². The first-order chi connectivity index (χ1) is 11.9. The largest absolute Gasteiger partial charge is 0.497 e. The van der Waals surface area contributed by atoms with Crippen molar-refractivity contribution in [2.45, 2.75) is 4.90 Å². The van der Waals surface area contributed by atoms with Crippen LogP contribution in [0.2, 0.25) is 0 Å². The van der Waals surface area contributed by atoms with Crippen molar-refractivity contribution in [1.82, 2.24) is 4.31 Å². The van der Waals surface area contributed by atoms with Crippen molar-refractivity contribution in [2.75, 3.05) is 26.0 Å². The molecule has 0 saturated carbocycles. The topological polar surface area (TPSA) is 99.5 Å². The minimum Gasteiger partial charge on any atom is -0.497 e. The first-order valence-electron chi connectivity index (χ1n) is 7.27. The van der Waals surface area contributed by atoms with E-state index in [1.165, 1.54) is 38.4 Å². The lowest BCUT2D eigenvalue weighted by molar-refractivity contribution is -0.116. The summed E-state index contributed by atoms with van der Waals surface area (Å²) in [7, 11) is -1.02. The Balaban J connectivity index is 2.07. The van der Waals surface area contributed by atoms with Crippen LogP contribution in [0.25, 0.3) is 0 Å². The van der Waals surface area contributed by atoms with E-state index in [4.69, 9.17) is 10.00 Å². The smallest absolute Gasteiger partial charge is 0.243 e. The lowest BCUT2D eigenvalue weighted by Crippen LogP contribution is -2.35. The zero-order valence-corrected chi connectivity index (χ0v) is 14.6. The molecule has 7 nitrogen and oxygen atoms in total. The van der Waals surface area contributed by atoms with Crippen LogP contribution in [-0.2, 0) is 14.8 Å². The number of carbonyl (C=O) groups excluding carboxylic acids is 1. The van der Waals surface area contributed by atoms with Crippen molar-refractivity contribution in [3.05, 3.63) is 54.1 Å². The fourth-order valence-electron chi connectivity index (χ4n) is 2.07. The fraction of sp³-hybridized carbons (Fsp3) is 0.176. The molecule has 25 heavy (non-hydrogen) atoms. The Bertz CT molecular complexity index is 902. The van der Waals surface area contributed by atoms with E-state index < -0.39 is 15.9 Å². The molecule has 0 fully saturated rings. The van der Waals surface area contributed by atoms with Gasteiger partial charge in [0.05, 0.1) is 30.2 Å². The molecule has 0 atom stereocenters. The highest BCUT2D eigenvalue weighted by molar-refractivity contribution is 7.89. The molecule has 0 heterocycles. The number of amides is 1. The average molecular weight is 359 g/mol. The first kappa shape index (κ1) is 18.4. The highest BCUT2D eigenvalue weighted by Gasteiger charge is 2.23. The normalized spacial score (nSPS) is 11.0. The minimum absolute atomic E-state index is 0.0358. The van der Waals surface area contributed by atoms with Crippen LogP contribution in [0.4, 0.5) is 5.69 Å². The summed E-state index contributed by atoms with van der Waals surface area (Å²) in [5, 5.41) is 11.5. The minimum atomic E-state index is -3.87. The van der Waals surface area contributed by atoms with Gasteiger partial charge < -0.3 is 10.1 Å². The molecule has 0 aromatic heterocycles. The number of benzene rings is 2. The summed E-state index contributed by atoms with van der Waals surface area (Å²) >= 11 is 0. The molecule has 0 unspecified atom stereocenters. The zero-order valence-electron chi connectivity index (χ0n) is 13.8. The van der Waals surface area contributed by atoms with Crippen LogP contribution >= 0.6 is 0 Å². The van der Waals surface area contributed by atoms with Gasteiger partial charge in [-0.1, -0.05) is 6.07 Å². The molecule has 2 aromatic rings. The third-order valence-corrected chi connectivity index (χ3v) is 5.21. The standard InChI is InChI=1S/C17H17N3O4S/c1-20(25(22,23)16-5-3-4-13(10-16)11-18)12-17(21)19-14-6-8-15(24-2)9-7-14/h3-10H,12H2,1-2H3,(H,19,21). The predicted octanol–water partition coefficient (Wildman–Crippen LogP) is 1.83. The molecule has 1 amide bonds. The molecule has 0 radical (unpaired) electrons. The van der Waals surface area contributed by atoms with Crippen molar-refractivity contribution in [1.29, 1.82) is 5.26 Å². The Labute approximate surface area is 146 Å².